The maximum absolute atomic E-state index is 12.3. The molecule has 0 aliphatic carbocycles. The molecule has 5 aromatic rings. The highest BCUT2D eigenvalue weighted by Crippen LogP contribution is 2.42. The van der Waals surface area contributed by atoms with Crippen LogP contribution in [-0.2, 0) is 17.1 Å². The third-order valence-electron chi connectivity index (χ3n) is 9.36. The molecule has 0 atom stereocenters. The smallest absolute Gasteiger partial charge is 0.229 e. The van der Waals surface area contributed by atoms with E-state index in [0.717, 1.165) is 75.2 Å². The minimum absolute atomic E-state index is 0.258. The zero-order chi connectivity index (χ0) is 35.7. The molecule has 2 fully saturated rings. The topological polar surface area (TPSA) is 159 Å². The van der Waals surface area contributed by atoms with Crippen molar-refractivity contribution in [2.45, 2.75) is 18.9 Å². The van der Waals surface area contributed by atoms with Crippen molar-refractivity contribution in [2.75, 3.05) is 79.9 Å². The number of piperazine rings is 1. The lowest BCUT2D eigenvalue weighted by molar-refractivity contribution is 0.0982. The highest BCUT2D eigenvalue weighted by molar-refractivity contribution is 9.10. The van der Waals surface area contributed by atoms with Gasteiger partial charge in [-0.15, -0.1) is 0 Å². The molecule has 51 heavy (non-hydrogen) atoms. The number of nitrogens with zero attached hydrogens (tertiary/aromatic N) is 9. The number of halogens is 1. The van der Waals surface area contributed by atoms with Crippen LogP contribution in [0.5, 0.6) is 5.75 Å². The number of fused-ring (bicyclic) bond motifs is 1. The van der Waals surface area contributed by atoms with Gasteiger partial charge in [0, 0.05) is 100 Å². The summed E-state index contributed by atoms with van der Waals surface area (Å²) in [5.41, 5.74) is 5.42. The number of hydrogen-bond donors (Lipinski definition) is 3. The van der Waals surface area contributed by atoms with E-state index in [1.165, 1.54) is 6.20 Å². The van der Waals surface area contributed by atoms with Gasteiger partial charge in [0.15, 0.2) is 0 Å². The molecule has 0 unspecified atom stereocenters. The summed E-state index contributed by atoms with van der Waals surface area (Å²) in [7, 11) is 2.13. The van der Waals surface area contributed by atoms with Crippen LogP contribution in [-0.4, -0.2) is 114 Å². The minimum atomic E-state index is -3.64. The van der Waals surface area contributed by atoms with Crippen molar-refractivity contribution in [3.63, 3.8) is 0 Å². The molecule has 15 nitrogen and oxygen atoms in total. The number of piperidine rings is 1. The van der Waals surface area contributed by atoms with Gasteiger partial charge in [-0.25, -0.2) is 13.4 Å². The first-order valence-corrected chi connectivity index (χ1v) is 19.4. The number of hydrogen-bond acceptors (Lipinski definition) is 13. The summed E-state index contributed by atoms with van der Waals surface area (Å²) in [5.74, 6) is 1.35. The maximum atomic E-state index is 12.3. The summed E-state index contributed by atoms with van der Waals surface area (Å²) in [6, 6.07) is 8.22. The van der Waals surface area contributed by atoms with Crippen molar-refractivity contribution < 1.29 is 13.2 Å². The van der Waals surface area contributed by atoms with Crippen LogP contribution < -0.4 is 25.0 Å². The van der Waals surface area contributed by atoms with E-state index in [2.05, 4.69) is 85.2 Å². The lowest BCUT2D eigenvalue weighted by atomic mass is 9.98. The van der Waals surface area contributed by atoms with Crippen molar-refractivity contribution in [2.24, 2.45) is 7.05 Å². The summed E-state index contributed by atoms with van der Waals surface area (Å²) in [4.78, 5) is 25.5. The molecule has 0 saturated carbocycles. The Bertz CT molecular complexity index is 2150. The van der Waals surface area contributed by atoms with Gasteiger partial charge in [-0.1, -0.05) is 0 Å². The molecule has 2 aliphatic heterocycles. The highest BCUT2D eigenvalue weighted by Gasteiger charge is 2.29. The van der Waals surface area contributed by atoms with E-state index in [1.807, 2.05) is 19.4 Å². The number of aryl methyl sites for hydroxylation is 1. The van der Waals surface area contributed by atoms with Gasteiger partial charge in [-0.3, -0.25) is 24.3 Å². The van der Waals surface area contributed by atoms with Crippen molar-refractivity contribution in [3.8, 4) is 16.9 Å². The Hall–Kier alpha value is -4.58. The van der Waals surface area contributed by atoms with Gasteiger partial charge in [-0.2, -0.15) is 10.1 Å². The summed E-state index contributed by atoms with van der Waals surface area (Å²) >= 11 is 3.54. The Labute approximate surface area is 305 Å². The van der Waals surface area contributed by atoms with E-state index < -0.39 is 10.0 Å². The molecule has 3 N–H and O–H groups in total. The highest BCUT2D eigenvalue weighted by atomic mass is 79.9. The number of sulfonamides is 1. The summed E-state index contributed by atoms with van der Waals surface area (Å²) in [6.07, 6.45) is 11.9. The normalized spacial score (nSPS) is 16.4. The Morgan fingerprint density at radius 3 is 2.39 bits per heavy atom. The van der Waals surface area contributed by atoms with Crippen LogP contribution in [0.2, 0.25) is 0 Å². The summed E-state index contributed by atoms with van der Waals surface area (Å²) < 4.78 is 35.5. The maximum Gasteiger partial charge on any atom is 0.229 e. The Morgan fingerprint density at radius 1 is 0.922 bits per heavy atom. The third kappa shape index (κ3) is 7.85. The molecule has 7 rings (SSSR count). The van der Waals surface area contributed by atoms with Gasteiger partial charge in [0.2, 0.25) is 16.0 Å². The van der Waals surface area contributed by atoms with Crippen molar-refractivity contribution >= 4 is 71.5 Å². The van der Waals surface area contributed by atoms with Crippen LogP contribution in [0.25, 0.3) is 22.2 Å². The van der Waals surface area contributed by atoms with Crippen molar-refractivity contribution in [1.82, 2.24) is 39.5 Å². The summed E-state index contributed by atoms with van der Waals surface area (Å²) in [5, 5.41) is 11.1. The fourth-order valence-corrected chi connectivity index (χ4v) is 7.61. The monoisotopic (exact) mass is 776 g/mol. The molecular formula is C34H41BrN12O3S. The number of rotatable bonds is 10. The van der Waals surface area contributed by atoms with Gasteiger partial charge in [0.25, 0.3) is 0 Å². The predicted molar refractivity (Wildman–Crippen MR) is 204 cm³/mol. The number of ether oxygens (including phenoxy) is 1. The average Bonchev–Trinajstić information content (AvgIpc) is 3.56. The molecule has 0 spiro atoms. The molecule has 0 bridgehead atoms. The lowest BCUT2D eigenvalue weighted by Crippen LogP contribution is -2.52. The van der Waals surface area contributed by atoms with E-state index in [-0.39, 0.29) is 5.69 Å². The van der Waals surface area contributed by atoms with E-state index >= 15 is 0 Å². The van der Waals surface area contributed by atoms with Gasteiger partial charge in [0.05, 0.1) is 46.6 Å². The first kappa shape index (κ1) is 34.9. The van der Waals surface area contributed by atoms with Gasteiger partial charge in [-0.05, 0) is 54.0 Å². The average molecular weight is 778 g/mol. The number of aromatic nitrogens is 6. The number of methoxy groups -OCH3 is 1. The first-order valence-electron chi connectivity index (χ1n) is 16.7. The number of likely N-dealkylation sites (N-methyl/N-ethyl adjacent to an activating group) is 1. The fraction of sp³-hybridized carbons (Fsp3) is 0.382. The quantitative estimate of drug-likeness (QED) is 0.180. The Kier molecular flexibility index (Phi) is 9.96. The first-order chi connectivity index (χ1) is 24.5. The molecule has 0 radical (unpaired) electrons. The third-order valence-corrected chi connectivity index (χ3v) is 10.5. The van der Waals surface area contributed by atoms with E-state index in [0.29, 0.717) is 50.4 Å². The molecule has 3 aromatic heterocycles. The summed E-state index contributed by atoms with van der Waals surface area (Å²) in [6.45, 7) is 6.39. The molecule has 2 aliphatic rings. The van der Waals surface area contributed by atoms with E-state index in [9.17, 15) is 8.42 Å². The largest absolute Gasteiger partial charge is 0.494 e. The van der Waals surface area contributed by atoms with Crippen LogP contribution >= 0.6 is 15.9 Å². The Balaban J connectivity index is 1.18. The van der Waals surface area contributed by atoms with Crippen LogP contribution in [0.4, 0.5) is 34.5 Å². The van der Waals surface area contributed by atoms with Crippen LogP contribution in [0.15, 0.2) is 59.7 Å². The molecule has 5 heterocycles. The van der Waals surface area contributed by atoms with E-state index in [1.54, 1.807) is 36.3 Å². The molecule has 0 amide bonds. The zero-order valence-corrected chi connectivity index (χ0v) is 31.4. The van der Waals surface area contributed by atoms with Gasteiger partial charge >= 0.3 is 0 Å². The second-order valence-electron chi connectivity index (χ2n) is 13.0. The molecule has 2 aromatic carbocycles. The van der Waals surface area contributed by atoms with Crippen molar-refractivity contribution in [3.05, 3.63) is 59.7 Å². The number of anilines is 6. The van der Waals surface area contributed by atoms with E-state index in [4.69, 9.17) is 9.72 Å². The van der Waals surface area contributed by atoms with Gasteiger partial charge < -0.3 is 25.2 Å². The van der Waals surface area contributed by atoms with Crippen molar-refractivity contribution in [1.29, 1.82) is 0 Å². The Morgan fingerprint density at radius 2 is 1.69 bits per heavy atom. The predicted octanol–water partition coefficient (Wildman–Crippen LogP) is 4.67. The second-order valence-corrected chi connectivity index (χ2v) is 15.6. The minimum Gasteiger partial charge on any atom is -0.494 e. The number of benzene rings is 2. The second kappa shape index (κ2) is 14.6. The molecule has 2 saturated heterocycles. The standard InChI is InChI=1S/C34H41BrN12O3S/c1-44-13-15-46(16-14-44)23-7-11-47(12-8-23)29-18-30(50-3)28(17-24(29)22-19-39-45(2)21-22)41-34-38-20-25(35)33(42-34)40-27-6-5-26-31(37-10-9-36-26)32(27)43-51(4,48)49/h5-6,9-10,17-21,23,43H,7-8,11-16H2,1-4H3,(H2,38,40,41,42). The lowest BCUT2D eigenvalue weighted by Gasteiger charge is -2.43. The fourth-order valence-electron chi connectivity index (χ4n) is 6.74. The zero-order valence-electron chi connectivity index (χ0n) is 29.0. The van der Waals surface area contributed by atoms with Crippen LogP contribution in [0, 0.1) is 0 Å². The van der Waals surface area contributed by atoms with Crippen LogP contribution in [0.1, 0.15) is 12.8 Å². The SMILES string of the molecule is COc1cc(N2CCC(N3CCN(C)CC3)CC2)c(-c2cnn(C)c2)cc1Nc1ncc(Br)c(Nc2ccc3nccnc3c2NS(C)(=O)=O)n1. The number of nitrogens with one attached hydrogen (secondary N) is 3. The molecular weight excluding hydrogens is 736 g/mol. The van der Waals surface area contributed by atoms with Gasteiger partial charge in [0.1, 0.15) is 17.1 Å². The molecule has 17 heteroatoms. The molecule has 268 valence electrons. The van der Waals surface area contributed by atoms with Crippen LogP contribution in [0.3, 0.4) is 0 Å².